The minimum atomic E-state index is -1.73. The zero-order valence-corrected chi connectivity index (χ0v) is 60.7. The molecule has 2 rings (SSSR count). The lowest BCUT2D eigenvalue weighted by molar-refractivity contribution is -0.142. The van der Waals surface area contributed by atoms with Crippen molar-refractivity contribution in [2.75, 3.05) is 39.3 Å². The van der Waals surface area contributed by atoms with Crippen LogP contribution >= 0.6 is 0 Å². The van der Waals surface area contributed by atoms with Crippen molar-refractivity contribution in [2.45, 2.75) is 243 Å². The van der Waals surface area contributed by atoms with Crippen molar-refractivity contribution < 1.29 is 73.0 Å². The number of carbonyl (C=O) groups excluding carboxylic acids is 10. The highest BCUT2D eigenvalue weighted by atomic mass is 16.4. The summed E-state index contributed by atoms with van der Waals surface area (Å²) in [6.45, 7) is 12.6. The molecule has 0 heterocycles. The lowest BCUT2D eigenvalue weighted by Gasteiger charge is -2.29. The van der Waals surface area contributed by atoms with Crippen molar-refractivity contribution in [2.24, 2.45) is 52.2 Å². The zero-order chi connectivity index (χ0) is 76.3. The number of phenols is 1. The van der Waals surface area contributed by atoms with Gasteiger partial charge in [-0.3, -0.25) is 47.9 Å². The first-order valence-electron chi connectivity index (χ1n) is 36.2. The number of benzene rings is 2. The van der Waals surface area contributed by atoms with E-state index in [0.29, 0.717) is 89.3 Å². The van der Waals surface area contributed by atoms with E-state index in [-0.39, 0.29) is 131 Å². The van der Waals surface area contributed by atoms with Crippen molar-refractivity contribution in [1.82, 2.24) is 53.2 Å². The topological polar surface area (TPSA) is 545 Å². The van der Waals surface area contributed by atoms with E-state index in [9.17, 15) is 73.0 Å². The van der Waals surface area contributed by atoms with E-state index < -0.39 is 133 Å². The molecule has 0 aliphatic heterocycles. The van der Waals surface area contributed by atoms with Gasteiger partial charge in [-0.05, 0) is 214 Å². The Bertz CT molecular complexity index is 2880. The smallest absolute Gasteiger partial charge is 0.488 e. The number of carboxylic acid groups (broad SMARTS) is 1. The highest BCUT2D eigenvalue weighted by Gasteiger charge is 2.37. The second-order valence-corrected chi connectivity index (χ2v) is 27.4. The van der Waals surface area contributed by atoms with Gasteiger partial charge < -0.3 is 108 Å². The van der Waals surface area contributed by atoms with Gasteiger partial charge in [0, 0.05) is 18.5 Å². The fourth-order valence-electron chi connectivity index (χ4n) is 11.2. The second-order valence-electron chi connectivity index (χ2n) is 27.4. The summed E-state index contributed by atoms with van der Waals surface area (Å²) in [7, 11) is -1.73. The molecular weight excluding hydrogens is 1320 g/mol. The SMILES string of the molecule is CC(C)C[C@H](NC(=O)[C@H](CC(C)C)NC(=O)[C@H](CCCCN)NC(=O)[C@H](CCCCN)NC(=O)[C@H](CC(C)C)NC(=O)[C@H](CCCCN)NC(=O)[C@@H](N)CCCCN)C(=O)N[C@@H](CCCCN)C(=O)N[C@@H](CCCCNC(=O)c1ccc(B(O)O)cc1)C(=O)N[C@@H](Cc1ccc(O)cc1)C(=O)O. The van der Waals surface area contributed by atoms with Gasteiger partial charge in [0.15, 0.2) is 0 Å². The molecule has 0 aliphatic carbocycles. The van der Waals surface area contributed by atoms with Crippen LogP contribution in [-0.2, 0) is 54.4 Å². The molecule has 2 aromatic carbocycles. The average Bonchev–Trinajstić information content (AvgIpc) is 0.864. The first-order chi connectivity index (χ1) is 48.5. The maximum Gasteiger partial charge on any atom is 0.488 e. The number of carboxylic acids is 1. The van der Waals surface area contributed by atoms with Crippen molar-refractivity contribution >= 4 is 77.6 Å². The Balaban J connectivity index is 2.51. The third-order valence-corrected chi connectivity index (χ3v) is 16.9. The fourth-order valence-corrected chi connectivity index (χ4v) is 11.2. The largest absolute Gasteiger partial charge is 0.508 e. The highest BCUT2D eigenvalue weighted by Crippen LogP contribution is 2.17. The number of amides is 10. The zero-order valence-electron chi connectivity index (χ0n) is 60.7. The van der Waals surface area contributed by atoms with E-state index in [1.807, 2.05) is 41.5 Å². The van der Waals surface area contributed by atoms with E-state index in [0.717, 1.165) is 0 Å². The Kier molecular flexibility index (Phi) is 44.7. The Morgan fingerprint density at radius 3 is 0.961 bits per heavy atom. The third kappa shape index (κ3) is 36.3. The molecule has 10 atom stereocenters. The first kappa shape index (κ1) is 90.2. The van der Waals surface area contributed by atoms with E-state index >= 15 is 0 Å². The van der Waals surface area contributed by atoms with Crippen LogP contribution in [0.2, 0.25) is 0 Å². The van der Waals surface area contributed by atoms with Gasteiger partial charge >= 0.3 is 13.1 Å². The molecule has 0 spiro atoms. The Morgan fingerprint density at radius 1 is 0.373 bits per heavy atom. The second kappa shape index (κ2) is 50.5. The molecule has 0 saturated carbocycles. The predicted molar refractivity (Wildman–Crippen MR) is 390 cm³/mol. The van der Waals surface area contributed by atoms with Crippen molar-refractivity contribution in [3.05, 3.63) is 59.7 Å². The minimum absolute atomic E-state index is 0.00822. The van der Waals surface area contributed by atoms with Crippen LogP contribution in [-0.4, -0.2) is 192 Å². The summed E-state index contributed by atoms with van der Waals surface area (Å²) >= 11 is 0. The number of unbranched alkanes of at least 4 members (excludes halogenated alkanes) is 6. The van der Waals surface area contributed by atoms with Gasteiger partial charge in [-0.2, -0.15) is 0 Å². The average molecular weight is 1440 g/mol. The summed E-state index contributed by atoms with van der Waals surface area (Å²) in [6, 6.07) is -1.18. The van der Waals surface area contributed by atoms with Gasteiger partial charge in [0.05, 0.1) is 6.04 Å². The number of hydrogen-bond donors (Lipinski definition) is 20. The van der Waals surface area contributed by atoms with Crippen LogP contribution in [0.25, 0.3) is 0 Å². The lowest BCUT2D eigenvalue weighted by Crippen LogP contribution is -2.60. The van der Waals surface area contributed by atoms with Crippen LogP contribution in [0.5, 0.6) is 5.75 Å². The molecule has 26 N–H and O–H groups in total. The molecule has 10 amide bonds. The molecular formula is C70H121BN16O15. The van der Waals surface area contributed by atoms with Gasteiger partial charge in [0.25, 0.3) is 5.91 Å². The molecule has 0 aliphatic rings. The predicted octanol–water partition coefficient (Wildman–Crippen LogP) is -1.23. The lowest BCUT2D eigenvalue weighted by atomic mass is 9.80. The summed E-state index contributed by atoms with van der Waals surface area (Å²) in [5, 5.41) is 66.5. The summed E-state index contributed by atoms with van der Waals surface area (Å²) in [6.07, 6.45) is 5.85. The van der Waals surface area contributed by atoms with Crippen LogP contribution in [0.15, 0.2) is 48.5 Å². The van der Waals surface area contributed by atoms with E-state index in [4.69, 9.17) is 34.4 Å². The molecule has 574 valence electrons. The number of carbonyl (C=O) groups is 11. The maximum absolute atomic E-state index is 14.7. The summed E-state index contributed by atoms with van der Waals surface area (Å²) < 4.78 is 0. The third-order valence-electron chi connectivity index (χ3n) is 16.9. The van der Waals surface area contributed by atoms with E-state index in [1.54, 1.807) is 0 Å². The number of nitrogens with one attached hydrogen (secondary N) is 10. The fraction of sp³-hybridized carbons (Fsp3) is 0.671. The quantitative estimate of drug-likeness (QED) is 0.0272. The Hall–Kier alpha value is -7.85. The molecule has 32 heteroatoms. The van der Waals surface area contributed by atoms with E-state index in [2.05, 4.69) is 53.2 Å². The Labute approximate surface area is 601 Å². The number of hydrogen-bond acceptors (Lipinski definition) is 20. The summed E-state index contributed by atoms with van der Waals surface area (Å²) in [4.78, 5) is 155. The molecule has 0 radical (unpaired) electrons. The molecule has 0 aromatic heterocycles. The van der Waals surface area contributed by atoms with Crippen LogP contribution in [0.1, 0.15) is 192 Å². The number of nitrogens with two attached hydrogens (primary N) is 6. The van der Waals surface area contributed by atoms with Gasteiger partial charge in [-0.15, -0.1) is 0 Å². The summed E-state index contributed by atoms with van der Waals surface area (Å²) in [5.41, 5.74) is 36.1. The molecule has 31 nitrogen and oxygen atoms in total. The molecule has 2 aromatic rings. The number of aromatic hydroxyl groups is 1. The maximum atomic E-state index is 14.7. The van der Waals surface area contributed by atoms with E-state index in [1.165, 1.54) is 48.5 Å². The minimum Gasteiger partial charge on any atom is -0.508 e. The van der Waals surface area contributed by atoms with Gasteiger partial charge in [-0.25, -0.2) is 4.79 Å². The van der Waals surface area contributed by atoms with Crippen LogP contribution in [0.3, 0.4) is 0 Å². The first-order valence-corrected chi connectivity index (χ1v) is 36.2. The summed E-state index contributed by atoms with van der Waals surface area (Å²) in [5.74, 6) is -9.13. The normalized spacial score (nSPS) is 14.3. The number of phenolic OH excluding ortho intramolecular Hbond substituents is 1. The number of rotatable bonds is 54. The molecule has 0 unspecified atom stereocenters. The van der Waals surface area contributed by atoms with Crippen LogP contribution in [0, 0.1) is 17.8 Å². The molecule has 0 saturated heterocycles. The van der Waals surface area contributed by atoms with Crippen molar-refractivity contribution in [3.63, 3.8) is 0 Å². The van der Waals surface area contributed by atoms with Crippen LogP contribution in [0.4, 0.5) is 0 Å². The monoisotopic (exact) mass is 1440 g/mol. The molecule has 0 bridgehead atoms. The van der Waals surface area contributed by atoms with Gasteiger partial charge in [0.2, 0.25) is 53.2 Å². The molecule has 102 heavy (non-hydrogen) atoms. The highest BCUT2D eigenvalue weighted by molar-refractivity contribution is 6.58. The standard InChI is InChI=1S/C70H121BN16O15/c1-43(2)39-56(84-64(93)51(20-8-14-34-73)79-61(90)50(77)19-7-13-33-72)67(96)82-52(21-9-15-35-74)62(91)80-54(23-11-17-37-76)65(94)85-58(41-45(5)6)69(98)86-57(40-44(3)4)68(97)83-53(22-10-16-36-75)63(92)81-55(66(95)87-59(70(99)100)42-46-25-31-49(88)32-26-46)24-12-18-38-78-60(89)47-27-29-48(30-28-47)71(101)102/h25-32,43-45,50-59,88,101-102H,7-24,33-42,72-77H2,1-6H3,(H,78,89)(H,79,90)(H,80,91)(H,81,92)(H,82,96)(H,83,97)(H,84,93)(H,85,94)(H,86,98)(H,87,95)(H,99,100)/t50-,51-,52-,53-,54-,55-,56-,57-,58-,59-/m0/s1. The Morgan fingerprint density at radius 2 is 0.657 bits per heavy atom. The van der Waals surface area contributed by atoms with Crippen LogP contribution < -0.4 is 93.0 Å². The van der Waals surface area contributed by atoms with Crippen molar-refractivity contribution in [1.29, 1.82) is 0 Å². The van der Waals surface area contributed by atoms with Gasteiger partial charge in [0.1, 0.15) is 60.1 Å². The van der Waals surface area contributed by atoms with Crippen molar-refractivity contribution in [3.8, 4) is 5.75 Å². The molecule has 0 fully saturated rings. The number of aliphatic carboxylic acids is 1. The van der Waals surface area contributed by atoms with Gasteiger partial charge in [-0.1, -0.05) is 72.2 Å².